The van der Waals surface area contributed by atoms with E-state index in [0.717, 1.165) is 16.7 Å². The van der Waals surface area contributed by atoms with Gasteiger partial charge in [0.1, 0.15) is 11.8 Å². The maximum absolute atomic E-state index is 13.5. The van der Waals surface area contributed by atoms with Gasteiger partial charge < -0.3 is 15.0 Å². The predicted molar refractivity (Wildman–Crippen MR) is 135 cm³/mol. The number of carbonyl (C=O) groups is 2. The van der Waals surface area contributed by atoms with Crippen LogP contribution in [0.15, 0.2) is 84.9 Å². The van der Waals surface area contributed by atoms with Crippen LogP contribution in [0.2, 0.25) is 0 Å². The van der Waals surface area contributed by atoms with Crippen molar-refractivity contribution < 1.29 is 14.3 Å². The van der Waals surface area contributed by atoms with E-state index in [-0.39, 0.29) is 18.4 Å². The largest absolute Gasteiger partial charge is 0.484 e. The van der Waals surface area contributed by atoms with Gasteiger partial charge in [-0.1, -0.05) is 78.4 Å². The number of nitrogens with zero attached hydrogens (tertiary/aromatic N) is 1. The zero-order valence-electron chi connectivity index (χ0n) is 20.5. The second kappa shape index (κ2) is 11.5. The Morgan fingerprint density at radius 3 is 2.03 bits per heavy atom. The minimum absolute atomic E-state index is 0.149. The molecule has 1 N–H and O–H groups in total. The van der Waals surface area contributed by atoms with Crippen molar-refractivity contribution in [1.82, 2.24) is 10.2 Å². The van der Waals surface area contributed by atoms with Gasteiger partial charge in [0, 0.05) is 18.5 Å². The summed E-state index contributed by atoms with van der Waals surface area (Å²) in [5, 5.41) is 3.07. The SMILES string of the molecule is Cc1ccc(CN(C(=O)COc2ccccc2)[C@H](Cc2ccccc2)C(=O)NC(C)(C)C)cc1. The molecule has 3 aromatic rings. The molecule has 3 aromatic carbocycles. The Kier molecular flexibility index (Phi) is 8.47. The maximum Gasteiger partial charge on any atom is 0.261 e. The van der Waals surface area contributed by atoms with Crippen molar-refractivity contribution in [2.45, 2.75) is 52.2 Å². The zero-order chi connectivity index (χ0) is 24.6. The van der Waals surface area contributed by atoms with Crippen molar-refractivity contribution in [1.29, 1.82) is 0 Å². The third-order valence-corrected chi connectivity index (χ3v) is 5.35. The van der Waals surface area contributed by atoms with Gasteiger partial charge in [-0.25, -0.2) is 0 Å². The summed E-state index contributed by atoms with van der Waals surface area (Å²) in [7, 11) is 0. The highest BCUT2D eigenvalue weighted by molar-refractivity contribution is 5.89. The fraction of sp³-hybridized carbons (Fsp3) is 0.310. The number of ether oxygens (including phenoxy) is 1. The first-order valence-electron chi connectivity index (χ1n) is 11.6. The normalized spacial score (nSPS) is 12.0. The highest BCUT2D eigenvalue weighted by Gasteiger charge is 2.32. The lowest BCUT2D eigenvalue weighted by Gasteiger charge is -2.33. The highest BCUT2D eigenvalue weighted by Crippen LogP contribution is 2.17. The molecule has 0 radical (unpaired) electrons. The molecule has 0 unspecified atom stereocenters. The third-order valence-electron chi connectivity index (χ3n) is 5.35. The number of amides is 2. The van der Waals surface area contributed by atoms with Crippen molar-refractivity contribution in [2.24, 2.45) is 0 Å². The average molecular weight is 459 g/mol. The zero-order valence-corrected chi connectivity index (χ0v) is 20.5. The van der Waals surface area contributed by atoms with E-state index in [2.05, 4.69) is 5.32 Å². The standard InChI is InChI=1S/C29H34N2O3/c1-22-15-17-24(18-16-22)20-31(27(32)21-34-25-13-9-6-10-14-25)26(28(33)30-29(2,3)4)19-23-11-7-5-8-12-23/h5-18,26H,19-21H2,1-4H3,(H,30,33)/t26-/m1/s1. The van der Waals surface area contributed by atoms with Gasteiger partial charge in [0.15, 0.2) is 6.61 Å². The molecule has 0 aromatic heterocycles. The second-order valence-electron chi connectivity index (χ2n) is 9.55. The Hall–Kier alpha value is -3.60. The maximum atomic E-state index is 13.5. The van der Waals surface area contributed by atoms with Crippen molar-refractivity contribution in [3.05, 3.63) is 102 Å². The third kappa shape index (κ3) is 7.77. The number of benzene rings is 3. The number of nitrogens with one attached hydrogen (secondary N) is 1. The predicted octanol–water partition coefficient (Wildman–Crippen LogP) is 4.93. The van der Waals surface area contributed by atoms with Crippen LogP contribution in [-0.4, -0.2) is 34.9 Å². The molecule has 5 nitrogen and oxygen atoms in total. The first kappa shape index (κ1) is 25.0. The van der Waals surface area contributed by atoms with Gasteiger partial charge in [0.05, 0.1) is 0 Å². The summed E-state index contributed by atoms with van der Waals surface area (Å²) >= 11 is 0. The van der Waals surface area contributed by atoms with E-state index in [4.69, 9.17) is 4.74 Å². The molecule has 0 aliphatic rings. The van der Waals surface area contributed by atoms with Crippen LogP contribution >= 0.6 is 0 Å². The first-order chi connectivity index (χ1) is 16.2. The molecule has 1 atom stereocenters. The molecule has 0 saturated carbocycles. The Labute approximate surface area is 202 Å². The molecule has 0 aliphatic carbocycles. The molecule has 0 bridgehead atoms. The number of carbonyl (C=O) groups excluding carboxylic acids is 2. The van der Waals surface area contributed by atoms with Gasteiger partial charge in [0.25, 0.3) is 5.91 Å². The van der Waals surface area contributed by atoms with E-state index in [9.17, 15) is 9.59 Å². The van der Waals surface area contributed by atoms with Gasteiger partial charge in [-0.15, -0.1) is 0 Å². The van der Waals surface area contributed by atoms with Gasteiger partial charge in [-0.3, -0.25) is 9.59 Å². The van der Waals surface area contributed by atoms with Gasteiger partial charge in [-0.05, 0) is 51.0 Å². The van der Waals surface area contributed by atoms with Crippen LogP contribution in [-0.2, 0) is 22.6 Å². The molecule has 178 valence electrons. The van der Waals surface area contributed by atoms with E-state index in [1.807, 2.05) is 113 Å². The number of para-hydroxylation sites is 1. The van der Waals surface area contributed by atoms with Crippen LogP contribution in [0.1, 0.15) is 37.5 Å². The summed E-state index contributed by atoms with van der Waals surface area (Å²) in [6, 6.07) is 26.4. The Bertz CT molecular complexity index is 1060. The smallest absolute Gasteiger partial charge is 0.261 e. The number of hydrogen-bond donors (Lipinski definition) is 1. The Balaban J connectivity index is 1.91. The minimum atomic E-state index is -0.685. The van der Waals surface area contributed by atoms with Gasteiger partial charge in [0.2, 0.25) is 5.91 Å². The monoisotopic (exact) mass is 458 g/mol. The lowest BCUT2D eigenvalue weighted by molar-refractivity contribution is -0.143. The molecule has 0 fully saturated rings. The molecule has 2 amide bonds. The van der Waals surface area contributed by atoms with Crippen molar-refractivity contribution in [2.75, 3.05) is 6.61 Å². The molecule has 0 spiro atoms. The van der Waals surface area contributed by atoms with E-state index >= 15 is 0 Å². The first-order valence-corrected chi connectivity index (χ1v) is 11.6. The summed E-state index contributed by atoms with van der Waals surface area (Å²) < 4.78 is 5.76. The Morgan fingerprint density at radius 2 is 1.44 bits per heavy atom. The molecule has 0 saturated heterocycles. The number of hydrogen-bond acceptors (Lipinski definition) is 3. The van der Waals surface area contributed by atoms with Gasteiger partial charge >= 0.3 is 0 Å². The topological polar surface area (TPSA) is 58.6 Å². The van der Waals surface area contributed by atoms with E-state index < -0.39 is 11.6 Å². The fourth-order valence-corrected chi connectivity index (χ4v) is 3.64. The number of aryl methyl sites for hydroxylation is 1. The summed E-state index contributed by atoms with van der Waals surface area (Å²) in [5.74, 6) is 0.191. The summed E-state index contributed by atoms with van der Waals surface area (Å²) in [4.78, 5) is 28.6. The van der Waals surface area contributed by atoms with Crippen LogP contribution in [0.25, 0.3) is 0 Å². The minimum Gasteiger partial charge on any atom is -0.484 e. The molecule has 0 heterocycles. The van der Waals surface area contributed by atoms with E-state index in [1.165, 1.54) is 0 Å². The fourth-order valence-electron chi connectivity index (χ4n) is 3.64. The summed E-state index contributed by atoms with van der Waals surface area (Å²) in [6.07, 6.45) is 0.408. The van der Waals surface area contributed by atoms with Crippen LogP contribution in [0.3, 0.4) is 0 Å². The highest BCUT2D eigenvalue weighted by atomic mass is 16.5. The molecule has 0 aliphatic heterocycles. The summed E-state index contributed by atoms with van der Waals surface area (Å²) in [5.41, 5.74) is 2.66. The lowest BCUT2D eigenvalue weighted by atomic mass is 10.0. The van der Waals surface area contributed by atoms with Gasteiger partial charge in [-0.2, -0.15) is 0 Å². The molecule has 5 heteroatoms. The molecule has 34 heavy (non-hydrogen) atoms. The number of rotatable bonds is 9. The van der Waals surface area contributed by atoms with Crippen LogP contribution in [0.5, 0.6) is 5.75 Å². The van der Waals surface area contributed by atoms with Crippen molar-refractivity contribution >= 4 is 11.8 Å². The Morgan fingerprint density at radius 1 is 0.853 bits per heavy atom. The summed E-state index contributed by atoms with van der Waals surface area (Å²) in [6.45, 7) is 8.01. The molecular weight excluding hydrogens is 424 g/mol. The van der Waals surface area contributed by atoms with Crippen LogP contribution in [0.4, 0.5) is 0 Å². The van der Waals surface area contributed by atoms with Crippen molar-refractivity contribution in [3.63, 3.8) is 0 Å². The second-order valence-corrected chi connectivity index (χ2v) is 9.55. The van der Waals surface area contributed by atoms with Crippen LogP contribution in [0, 0.1) is 6.92 Å². The van der Waals surface area contributed by atoms with Crippen LogP contribution < -0.4 is 10.1 Å². The van der Waals surface area contributed by atoms with Crippen molar-refractivity contribution in [3.8, 4) is 5.75 Å². The lowest BCUT2D eigenvalue weighted by Crippen LogP contribution is -2.55. The average Bonchev–Trinajstić information content (AvgIpc) is 2.81. The molecule has 3 rings (SSSR count). The van der Waals surface area contributed by atoms with E-state index in [0.29, 0.717) is 18.7 Å². The van der Waals surface area contributed by atoms with E-state index in [1.54, 1.807) is 4.90 Å². The quantitative estimate of drug-likeness (QED) is 0.495. The molecular formula is C29H34N2O3.